The van der Waals surface area contributed by atoms with E-state index in [2.05, 4.69) is 45.0 Å². The fourth-order valence-corrected chi connectivity index (χ4v) is 10.6. The molecule has 5 rings (SSSR count). The smallest absolute Gasteiger partial charge is 0.434 e. The molecule has 1 aromatic rings. The quantitative estimate of drug-likeness (QED) is 0.0363. The van der Waals surface area contributed by atoms with Crippen LogP contribution in [0.4, 0.5) is 19.8 Å². The highest BCUT2D eigenvalue weighted by atomic mass is 32.2. The van der Waals surface area contributed by atoms with Crippen molar-refractivity contribution in [2.24, 2.45) is 5.73 Å². The predicted octanol–water partition coefficient (Wildman–Crippen LogP) is 2.40. The first-order chi connectivity index (χ1) is 29.2. The highest BCUT2D eigenvalue weighted by Crippen LogP contribution is 2.65. The third-order valence-corrected chi connectivity index (χ3v) is 14.6. The molecule has 4 fully saturated rings. The number of carbonyl (C=O) groups is 4. The number of ether oxygens (including phenoxy) is 3. The lowest BCUT2D eigenvalue weighted by atomic mass is 9.79. The lowest BCUT2D eigenvalue weighted by Gasteiger charge is -2.35. The number of aliphatic hydroxyl groups excluding tert-OH is 1. The molecule has 18 nitrogen and oxygen atoms in total. The number of nitrogens with one attached hydrogen (secondary N) is 4. The number of aliphatic hydroxyl groups is 1. The monoisotopic (exact) mass is 881 g/mol. The summed E-state index contributed by atoms with van der Waals surface area (Å²) in [6, 6.07) is 1.24. The maximum Gasteiger partial charge on any atom is 0.508 e. The first-order valence-corrected chi connectivity index (χ1v) is 23.1. The van der Waals surface area contributed by atoms with Crippen LogP contribution in [0.3, 0.4) is 0 Å². The van der Waals surface area contributed by atoms with Gasteiger partial charge in [0.1, 0.15) is 24.6 Å². The molecule has 9 N–H and O–H groups in total. The molecule has 1 aliphatic carbocycles. The number of urea groups is 1. The Kier molecular flexibility index (Phi) is 17.5. The average Bonchev–Trinajstić information content (AvgIpc) is 3.53. The second kappa shape index (κ2) is 22.1. The van der Waals surface area contributed by atoms with Crippen molar-refractivity contribution in [2.75, 3.05) is 64.0 Å². The Hall–Kier alpha value is -3.72. The van der Waals surface area contributed by atoms with E-state index in [9.17, 15) is 29.1 Å². The second-order valence-electron chi connectivity index (χ2n) is 17.3. The van der Waals surface area contributed by atoms with Crippen molar-refractivity contribution in [1.29, 1.82) is 0 Å². The van der Waals surface area contributed by atoms with Crippen LogP contribution >= 0.6 is 11.8 Å². The Bertz CT molecular complexity index is 1710. The molecule has 0 spiro atoms. The molecule has 4 unspecified atom stereocenters. The minimum absolute atomic E-state index is 0.0202. The van der Waals surface area contributed by atoms with E-state index in [1.807, 2.05) is 11.8 Å². The van der Waals surface area contributed by atoms with Crippen molar-refractivity contribution >= 4 is 41.6 Å². The van der Waals surface area contributed by atoms with E-state index in [1.54, 1.807) is 0 Å². The van der Waals surface area contributed by atoms with Gasteiger partial charge in [-0.15, -0.1) is 0 Å². The number of hydrogen-bond acceptors (Lipinski definition) is 14. The summed E-state index contributed by atoms with van der Waals surface area (Å²) in [4.78, 5) is 66.9. The Morgan fingerprint density at radius 3 is 2.23 bits per heavy atom. The molecule has 344 valence electrons. The van der Waals surface area contributed by atoms with Crippen LogP contribution in [0.25, 0.3) is 0 Å². The molecule has 0 radical (unpaired) electrons. The lowest BCUT2D eigenvalue weighted by Crippen LogP contribution is -2.58. The van der Waals surface area contributed by atoms with Gasteiger partial charge >= 0.3 is 17.9 Å². The van der Waals surface area contributed by atoms with E-state index in [1.165, 1.54) is 12.3 Å². The fourth-order valence-electron chi connectivity index (χ4n) is 8.75. The number of nitrogens with zero attached hydrogens (tertiary/aromatic N) is 3. The van der Waals surface area contributed by atoms with Gasteiger partial charge in [0.15, 0.2) is 11.4 Å². The van der Waals surface area contributed by atoms with Crippen LogP contribution in [0.5, 0.6) is 0 Å². The van der Waals surface area contributed by atoms with E-state index in [0.29, 0.717) is 63.8 Å². The summed E-state index contributed by atoms with van der Waals surface area (Å²) in [7, 11) is 0. The molecule has 1 aromatic heterocycles. The minimum Gasteiger partial charge on any atom is -0.434 e. The Balaban J connectivity index is 0.789. The summed E-state index contributed by atoms with van der Waals surface area (Å²) in [5, 5.41) is 23.0. The molecule has 0 aromatic carbocycles. The molecule has 7 atom stereocenters. The van der Waals surface area contributed by atoms with Crippen LogP contribution in [0.1, 0.15) is 110 Å². The zero-order valence-corrected chi connectivity index (χ0v) is 36.7. The van der Waals surface area contributed by atoms with Crippen LogP contribution in [-0.4, -0.2) is 136 Å². The zero-order chi connectivity index (χ0) is 44.1. The highest BCUT2D eigenvalue weighted by molar-refractivity contribution is 8.00. The fraction of sp³-hybridized carbons (Fsp3) is 0.805. The molecule has 1 saturated carbocycles. The predicted molar refractivity (Wildman–Crippen MR) is 228 cm³/mol. The van der Waals surface area contributed by atoms with Crippen LogP contribution in [-0.2, 0) is 29.5 Å². The summed E-state index contributed by atoms with van der Waals surface area (Å²) in [6.45, 7) is 7.52. The minimum atomic E-state index is -2.21. The molecule has 4 amide bonds. The number of rotatable bonds is 28. The number of carbonyl (C=O) groups excluding carboxylic acids is 4. The van der Waals surface area contributed by atoms with Crippen LogP contribution in [0.15, 0.2) is 17.1 Å². The van der Waals surface area contributed by atoms with Gasteiger partial charge in [0.2, 0.25) is 11.8 Å². The van der Waals surface area contributed by atoms with Gasteiger partial charge < -0.3 is 52.1 Å². The standard InChI is InChI=1S/C41H68FN9O9S/c1-38-28-61-30(39(38,2)49-35(55)48-38)14-11-12-16-33(53)46-20-24-50(22-18-43)23-19-45-32(52)15-10-8-6-4-3-5-7-9-13-25-58-37(57)59-26-29-34(54)40(42)27-41(40,60-29)51-21-17-31(44)47-36(51)56/h17,21,29-30,34,54H,3-16,18-20,22-28,43H2,1-2H3,(H,45,52)(H,46,53)(H2,44,47,56)(H2,48,49,55)/t29-,30?,34?,38-,39+,40?,41?/m1/s1. The third kappa shape index (κ3) is 12.3. The SMILES string of the molecule is C[C@@]12CSC(CCCCC(=O)NCCN(CCN)CCNC(=O)CCCCCCCCCCCOC(=O)OC[C@H]3OC4(n5ccc(N)nc5=O)CC4(F)C3O)[C@]1(C)NC(=O)N2. The highest BCUT2D eigenvalue weighted by Gasteiger charge is 2.83. The maximum absolute atomic E-state index is 15.4. The van der Waals surface area contributed by atoms with Gasteiger partial charge in [0.05, 0.1) is 17.7 Å². The lowest BCUT2D eigenvalue weighted by molar-refractivity contribution is -0.121. The third-order valence-electron chi connectivity index (χ3n) is 12.7. The van der Waals surface area contributed by atoms with Crippen molar-refractivity contribution in [1.82, 2.24) is 35.7 Å². The number of unbranched alkanes of at least 4 members (excludes halogenated alkanes) is 9. The van der Waals surface area contributed by atoms with E-state index in [0.717, 1.165) is 80.9 Å². The van der Waals surface area contributed by atoms with Crippen molar-refractivity contribution in [2.45, 2.75) is 150 Å². The van der Waals surface area contributed by atoms with Crippen molar-refractivity contribution in [3.63, 3.8) is 0 Å². The Morgan fingerprint density at radius 1 is 0.967 bits per heavy atom. The van der Waals surface area contributed by atoms with Gasteiger partial charge in [-0.1, -0.05) is 51.4 Å². The number of nitrogens with two attached hydrogens (primary N) is 2. The number of fused-ring (bicyclic) bond motifs is 2. The van der Waals surface area contributed by atoms with E-state index >= 15 is 4.39 Å². The van der Waals surface area contributed by atoms with Gasteiger partial charge in [0, 0.05) is 75.7 Å². The molecule has 4 heterocycles. The number of aromatic nitrogens is 2. The summed E-state index contributed by atoms with van der Waals surface area (Å²) in [5.74, 6) is 0.941. The van der Waals surface area contributed by atoms with E-state index in [4.69, 9.17) is 25.7 Å². The van der Waals surface area contributed by atoms with Gasteiger partial charge in [-0.05, 0) is 45.6 Å². The largest absolute Gasteiger partial charge is 0.508 e. The van der Waals surface area contributed by atoms with Gasteiger partial charge in [0.25, 0.3) is 0 Å². The molecule has 4 aliphatic rings. The molecule has 3 saturated heterocycles. The Labute approximate surface area is 361 Å². The second-order valence-corrected chi connectivity index (χ2v) is 18.5. The summed E-state index contributed by atoms with van der Waals surface area (Å²) >= 11 is 1.89. The van der Waals surface area contributed by atoms with Crippen molar-refractivity contribution in [3.05, 3.63) is 22.7 Å². The summed E-state index contributed by atoms with van der Waals surface area (Å²) in [5.41, 5.74) is 6.08. The van der Waals surface area contributed by atoms with Crippen LogP contribution < -0.4 is 38.4 Å². The number of alkyl halides is 1. The number of anilines is 1. The molecule has 61 heavy (non-hydrogen) atoms. The summed E-state index contributed by atoms with van der Waals surface area (Å²) < 4.78 is 32.2. The molecular weight excluding hydrogens is 814 g/mol. The van der Waals surface area contributed by atoms with Gasteiger partial charge in [-0.25, -0.2) is 18.8 Å². The maximum atomic E-state index is 15.4. The molecular formula is C41H68FN9O9S. The van der Waals surface area contributed by atoms with Crippen molar-refractivity contribution in [3.8, 4) is 0 Å². The number of halogens is 1. The Morgan fingerprint density at radius 2 is 1.59 bits per heavy atom. The van der Waals surface area contributed by atoms with E-state index < -0.39 is 42.1 Å². The first kappa shape index (κ1) is 48.3. The number of thioether (sulfide) groups is 1. The molecule has 0 bridgehead atoms. The first-order valence-electron chi connectivity index (χ1n) is 22.0. The number of amides is 4. The topological polar surface area (TPSA) is 254 Å². The number of hydrogen-bond donors (Lipinski definition) is 7. The normalized spacial score (nSPS) is 28.5. The van der Waals surface area contributed by atoms with Crippen LogP contribution in [0, 0.1) is 0 Å². The average molecular weight is 882 g/mol. The van der Waals surface area contributed by atoms with Crippen LogP contribution in [0.2, 0.25) is 0 Å². The van der Waals surface area contributed by atoms with Crippen molar-refractivity contribution < 1.29 is 42.9 Å². The molecule has 3 aliphatic heterocycles. The van der Waals surface area contributed by atoms with Gasteiger partial charge in [-0.3, -0.25) is 19.1 Å². The molecule has 20 heteroatoms. The zero-order valence-electron chi connectivity index (χ0n) is 35.9. The van der Waals surface area contributed by atoms with E-state index in [-0.39, 0.29) is 47.8 Å². The number of nitrogen functional groups attached to an aromatic ring is 1. The summed E-state index contributed by atoms with van der Waals surface area (Å²) in [6.07, 6.45) is 9.63. The van der Waals surface area contributed by atoms with Gasteiger partial charge in [-0.2, -0.15) is 16.7 Å².